The molecule has 5 heterocycles. The van der Waals surface area contributed by atoms with E-state index in [4.69, 9.17) is 4.98 Å². The Labute approximate surface area is 205 Å². The van der Waals surface area contributed by atoms with Crippen molar-refractivity contribution in [2.45, 2.75) is 65.1 Å². The van der Waals surface area contributed by atoms with E-state index in [9.17, 15) is 5.26 Å². The van der Waals surface area contributed by atoms with Crippen molar-refractivity contribution in [1.29, 1.82) is 5.26 Å². The second-order valence-electron chi connectivity index (χ2n) is 9.24. The minimum absolute atomic E-state index is 0.249. The number of hydrogen-bond donors (Lipinski definition) is 0. The highest BCUT2D eigenvalue weighted by atomic mass is 15.4. The molecule has 1 aliphatic rings. The van der Waals surface area contributed by atoms with Gasteiger partial charge in [-0.2, -0.15) is 10.2 Å². The van der Waals surface area contributed by atoms with Crippen molar-refractivity contribution in [2.24, 2.45) is 0 Å². The Hall–Kier alpha value is -3.64. The molecule has 0 unspecified atom stereocenters. The van der Waals surface area contributed by atoms with Crippen LogP contribution < -0.4 is 4.90 Å². The van der Waals surface area contributed by atoms with Gasteiger partial charge in [-0.15, -0.1) is 10.2 Å². The number of aromatic nitrogens is 6. The number of fused-ring (bicyclic) bond motifs is 3. The number of pyridine rings is 2. The van der Waals surface area contributed by atoms with E-state index in [0.717, 1.165) is 49.4 Å². The zero-order chi connectivity index (χ0) is 24.5. The van der Waals surface area contributed by atoms with E-state index in [1.807, 2.05) is 23.6 Å². The average Bonchev–Trinajstić information content (AvgIpc) is 3.38. The number of hydrogen-bond acceptors (Lipinski definition) is 8. The van der Waals surface area contributed by atoms with E-state index >= 15 is 0 Å². The molecule has 0 saturated carbocycles. The molecule has 1 fully saturated rings. The van der Waals surface area contributed by atoms with Crippen LogP contribution in [0.2, 0.25) is 0 Å². The molecule has 180 valence electrons. The fourth-order valence-corrected chi connectivity index (χ4v) is 5.36. The molecule has 35 heavy (non-hydrogen) atoms. The summed E-state index contributed by atoms with van der Waals surface area (Å²) in [5.74, 6) is 1.33. The standard InChI is InChI=1S/C26H31N9/c1-5-20-15-34(21(6-2)14-33(20)22(7-3)18-9-8-17(4)28-13-18)25-24-23(11-10-19(12-27)30-24)35-16-29-32-26(35)31-25/h8-11,13,16,20-22H,5-7,14-15H2,1-4H3/t20-,21+,22+/m1/s1. The smallest absolute Gasteiger partial charge is 0.257 e. The molecule has 1 aliphatic heterocycles. The lowest BCUT2D eigenvalue weighted by atomic mass is 9.95. The Morgan fingerprint density at radius 3 is 2.57 bits per heavy atom. The zero-order valence-electron chi connectivity index (χ0n) is 20.8. The summed E-state index contributed by atoms with van der Waals surface area (Å²) >= 11 is 0. The molecule has 0 aromatic carbocycles. The van der Waals surface area contributed by atoms with Crippen molar-refractivity contribution in [1.82, 2.24) is 34.4 Å². The van der Waals surface area contributed by atoms with E-state index in [1.165, 1.54) is 5.56 Å². The van der Waals surface area contributed by atoms with Crippen LogP contribution in [0.5, 0.6) is 0 Å². The molecule has 0 N–H and O–H groups in total. The van der Waals surface area contributed by atoms with E-state index < -0.39 is 0 Å². The van der Waals surface area contributed by atoms with Crippen LogP contribution in [0.4, 0.5) is 5.82 Å². The van der Waals surface area contributed by atoms with Gasteiger partial charge in [0.1, 0.15) is 23.6 Å². The van der Waals surface area contributed by atoms with Crippen molar-refractivity contribution >= 4 is 22.6 Å². The quantitative estimate of drug-likeness (QED) is 0.417. The van der Waals surface area contributed by atoms with Gasteiger partial charge in [-0.25, -0.2) is 4.98 Å². The first-order chi connectivity index (χ1) is 17.1. The Kier molecular flexibility index (Phi) is 6.31. The molecule has 1 saturated heterocycles. The van der Waals surface area contributed by atoms with Gasteiger partial charge in [0, 0.05) is 43.1 Å². The van der Waals surface area contributed by atoms with E-state index in [1.54, 1.807) is 12.4 Å². The average molecular weight is 470 g/mol. The molecule has 0 radical (unpaired) electrons. The lowest BCUT2D eigenvalue weighted by Crippen LogP contribution is -2.59. The van der Waals surface area contributed by atoms with Crippen LogP contribution in [-0.2, 0) is 0 Å². The highest BCUT2D eigenvalue weighted by molar-refractivity contribution is 5.88. The summed E-state index contributed by atoms with van der Waals surface area (Å²) in [7, 11) is 0. The molecule has 4 aromatic rings. The molecular formula is C26H31N9. The number of nitrogens with zero attached hydrogens (tertiary/aromatic N) is 9. The molecule has 9 nitrogen and oxygen atoms in total. The maximum absolute atomic E-state index is 9.51. The summed E-state index contributed by atoms with van der Waals surface area (Å²) < 4.78 is 1.83. The molecule has 0 aliphatic carbocycles. The van der Waals surface area contributed by atoms with Crippen LogP contribution in [0.3, 0.4) is 0 Å². The van der Waals surface area contributed by atoms with Crippen LogP contribution >= 0.6 is 0 Å². The minimum atomic E-state index is 0.249. The Bertz CT molecular complexity index is 1370. The number of rotatable bonds is 6. The number of anilines is 1. The fraction of sp³-hybridized carbons (Fsp3) is 0.462. The molecule has 5 rings (SSSR count). The molecule has 0 bridgehead atoms. The van der Waals surface area contributed by atoms with Gasteiger partial charge in [0.2, 0.25) is 0 Å². The van der Waals surface area contributed by atoms with Gasteiger partial charge in [-0.1, -0.05) is 26.8 Å². The van der Waals surface area contributed by atoms with Gasteiger partial charge in [-0.3, -0.25) is 14.3 Å². The number of piperazine rings is 1. The third-order valence-corrected chi connectivity index (χ3v) is 7.25. The summed E-state index contributed by atoms with van der Waals surface area (Å²) in [5.41, 5.74) is 4.26. The molecule has 4 aromatic heterocycles. The SMILES string of the molecule is CC[C@H]1CN([C@@H](CC)c2ccc(C)nc2)[C@H](CC)CN1c1nc2nncn2c2ccc(C#N)nc12. The molecule has 0 amide bonds. The van der Waals surface area contributed by atoms with Gasteiger partial charge in [-0.05, 0) is 49.9 Å². The normalized spacial score (nSPS) is 19.8. The summed E-state index contributed by atoms with van der Waals surface area (Å²) in [6.07, 6.45) is 6.69. The van der Waals surface area contributed by atoms with Crippen LogP contribution in [-0.4, -0.2) is 59.6 Å². The van der Waals surface area contributed by atoms with Gasteiger partial charge < -0.3 is 4.90 Å². The van der Waals surface area contributed by atoms with Gasteiger partial charge in [0.25, 0.3) is 5.78 Å². The fourth-order valence-electron chi connectivity index (χ4n) is 5.36. The van der Waals surface area contributed by atoms with Crippen LogP contribution in [0, 0.1) is 18.3 Å². The molecule has 3 atom stereocenters. The predicted molar refractivity (Wildman–Crippen MR) is 135 cm³/mol. The van der Waals surface area contributed by atoms with E-state index in [0.29, 0.717) is 29.1 Å². The van der Waals surface area contributed by atoms with Gasteiger partial charge >= 0.3 is 0 Å². The second kappa shape index (κ2) is 9.55. The maximum Gasteiger partial charge on any atom is 0.257 e. The number of aryl methyl sites for hydroxylation is 1. The lowest BCUT2D eigenvalue weighted by Gasteiger charge is -2.49. The summed E-state index contributed by atoms with van der Waals surface area (Å²) in [6, 6.07) is 11.1. The zero-order valence-corrected chi connectivity index (χ0v) is 20.8. The van der Waals surface area contributed by atoms with Crippen LogP contribution in [0.15, 0.2) is 36.8 Å². The Balaban J connectivity index is 1.58. The Morgan fingerprint density at radius 2 is 1.89 bits per heavy atom. The lowest BCUT2D eigenvalue weighted by molar-refractivity contribution is 0.0894. The predicted octanol–water partition coefficient (Wildman–Crippen LogP) is 4.08. The second-order valence-corrected chi connectivity index (χ2v) is 9.24. The third kappa shape index (κ3) is 4.08. The maximum atomic E-state index is 9.51. The third-order valence-electron chi connectivity index (χ3n) is 7.25. The van der Waals surface area contributed by atoms with Gasteiger partial charge in [0.05, 0.1) is 5.52 Å². The summed E-state index contributed by atoms with van der Waals surface area (Å²) in [6.45, 7) is 10.5. The molecule has 9 heteroatoms. The monoisotopic (exact) mass is 469 g/mol. The first kappa shape index (κ1) is 23.1. The highest BCUT2D eigenvalue weighted by Gasteiger charge is 2.37. The summed E-state index contributed by atoms with van der Waals surface area (Å²) in [4.78, 5) is 19.2. The first-order valence-electron chi connectivity index (χ1n) is 12.4. The van der Waals surface area contributed by atoms with Crippen molar-refractivity contribution < 1.29 is 0 Å². The van der Waals surface area contributed by atoms with Crippen LogP contribution in [0.1, 0.15) is 63.0 Å². The van der Waals surface area contributed by atoms with E-state index in [2.05, 4.69) is 68.9 Å². The largest absolute Gasteiger partial charge is 0.349 e. The van der Waals surface area contributed by atoms with Crippen molar-refractivity contribution in [3.8, 4) is 6.07 Å². The van der Waals surface area contributed by atoms with Gasteiger partial charge in [0.15, 0.2) is 5.82 Å². The number of nitriles is 1. The van der Waals surface area contributed by atoms with Crippen molar-refractivity contribution in [3.63, 3.8) is 0 Å². The van der Waals surface area contributed by atoms with Crippen molar-refractivity contribution in [3.05, 3.63) is 53.7 Å². The highest BCUT2D eigenvalue weighted by Crippen LogP contribution is 2.35. The minimum Gasteiger partial charge on any atom is -0.349 e. The summed E-state index contributed by atoms with van der Waals surface area (Å²) in [5, 5.41) is 17.8. The Morgan fingerprint density at radius 1 is 1.06 bits per heavy atom. The van der Waals surface area contributed by atoms with Crippen molar-refractivity contribution in [2.75, 3.05) is 18.0 Å². The topological polar surface area (TPSA) is 99.1 Å². The molecule has 0 spiro atoms. The van der Waals surface area contributed by atoms with E-state index in [-0.39, 0.29) is 6.04 Å². The first-order valence-corrected chi connectivity index (χ1v) is 12.4. The van der Waals surface area contributed by atoms with Crippen LogP contribution in [0.25, 0.3) is 16.8 Å². The molecular weight excluding hydrogens is 438 g/mol.